The Morgan fingerprint density at radius 2 is 2.28 bits per heavy atom. The van der Waals surface area contributed by atoms with E-state index in [0.717, 1.165) is 41.4 Å². The first kappa shape index (κ1) is 13.8. The minimum Gasteiger partial charge on any atom is -0.480 e. The lowest BCUT2D eigenvalue weighted by atomic mass is 10.1. The molecule has 0 radical (unpaired) electrons. The molecule has 1 saturated heterocycles. The van der Waals surface area contributed by atoms with Gasteiger partial charge in [-0.3, -0.25) is 9.69 Å². The third-order valence-corrected chi connectivity index (χ3v) is 4.98. The van der Waals surface area contributed by atoms with Crippen LogP contribution in [0.25, 0.3) is 0 Å². The monoisotopic (exact) mass is 287 g/mol. The van der Waals surface area contributed by atoms with Gasteiger partial charge in [0.15, 0.2) is 0 Å². The quantitative estimate of drug-likeness (QED) is 0.919. The summed E-state index contributed by atoms with van der Waals surface area (Å²) in [4.78, 5) is 14.6. The molecule has 1 aliphatic heterocycles. The molecule has 18 heavy (non-hydrogen) atoms. The third kappa shape index (κ3) is 3.05. The van der Waals surface area contributed by atoms with Crippen molar-refractivity contribution in [3.8, 4) is 0 Å². The highest BCUT2D eigenvalue weighted by Crippen LogP contribution is 2.33. The largest absolute Gasteiger partial charge is 0.480 e. The number of rotatable bonds is 3. The molecule has 1 N–H and O–H groups in total. The van der Waals surface area contributed by atoms with E-state index in [0.29, 0.717) is 0 Å². The summed E-state index contributed by atoms with van der Waals surface area (Å²) in [5.74, 6) is -0.702. The van der Waals surface area contributed by atoms with Gasteiger partial charge in [0.2, 0.25) is 0 Å². The molecule has 3 nitrogen and oxygen atoms in total. The first-order valence-electron chi connectivity index (χ1n) is 6.33. The average Bonchev–Trinajstić information content (AvgIpc) is 2.63. The highest BCUT2D eigenvalue weighted by molar-refractivity contribution is 7.16. The Morgan fingerprint density at radius 1 is 1.50 bits per heavy atom. The molecule has 1 aromatic heterocycles. The number of thiophene rings is 1. The fourth-order valence-corrected chi connectivity index (χ4v) is 3.71. The molecule has 100 valence electrons. The zero-order valence-corrected chi connectivity index (χ0v) is 12.0. The molecule has 1 fully saturated rings. The first-order chi connectivity index (χ1) is 8.59. The zero-order valence-electron chi connectivity index (χ0n) is 10.4. The number of carboxylic acids is 1. The molecule has 2 atom stereocenters. The molecule has 0 saturated carbocycles. The summed E-state index contributed by atoms with van der Waals surface area (Å²) >= 11 is 7.50. The summed E-state index contributed by atoms with van der Waals surface area (Å²) in [6.45, 7) is 2.93. The molecule has 0 aromatic carbocycles. The zero-order chi connectivity index (χ0) is 13.1. The molecule has 2 rings (SSSR count). The first-order valence-corrected chi connectivity index (χ1v) is 7.53. The van der Waals surface area contributed by atoms with Crippen LogP contribution in [-0.2, 0) is 4.79 Å². The van der Waals surface area contributed by atoms with Crippen LogP contribution in [0.3, 0.4) is 0 Å². The van der Waals surface area contributed by atoms with E-state index in [9.17, 15) is 9.90 Å². The molecule has 0 aliphatic carbocycles. The Labute approximate surface area is 116 Å². The summed E-state index contributed by atoms with van der Waals surface area (Å²) in [7, 11) is 0. The van der Waals surface area contributed by atoms with E-state index in [1.807, 2.05) is 12.1 Å². The van der Waals surface area contributed by atoms with Crippen molar-refractivity contribution in [3.05, 3.63) is 21.3 Å². The fraction of sp³-hybridized carbons (Fsp3) is 0.615. The molecule has 0 bridgehead atoms. The second-order valence-electron chi connectivity index (χ2n) is 4.76. The molecule has 5 heteroatoms. The second-order valence-corrected chi connectivity index (χ2v) is 6.51. The minimum atomic E-state index is -0.702. The molecular formula is C13H18ClNO2S. The molecule has 0 amide bonds. The average molecular weight is 288 g/mol. The Hall–Kier alpha value is -0.580. The number of hydrogen-bond donors (Lipinski definition) is 1. The highest BCUT2D eigenvalue weighted by atomic mass is 35.5. The third-order valence-electron chi connectivity index (χ3n) is 3.58. The van der Waals surface area contributed by atoms with E-state index in [1.54, 1.807) is 11.3 Å². The van der Waals surface area contributed by atoms with E-state index in [-0.39, 0.29) is 12.1 Å². The van der Waals surface area contributed by atoms with Gasteiger partial charge in [-0.25, -0.2) is 0 Å². The van der Waals surface area contributed by atoms with Crippen LogP contribution >= 0.6 is 22.9 Å². The Balaban J connectivity index is 2.19. The normalized spacial score (nSPS) is 23.6. The van der Waals surface area contributed by atoms with Gasteiger partial charge in [0, 0.05) is 10.9 Å². The van der Waals surface area contributed by atoms with E-state index < -0.39 is 5.97 Å². The lowest BCUT2D eigenvalue weighted by molar-refractivity contribution is -0.144. The molecule has 1 aromatic rings. The predicted octanol–water partition coefficient (Wildman–Crippen LogP) is 3.79. The topological polar surface area (TPSA) is 40.5 Å². The molecule has 2 unspecified atom stereocenters. The molecule has 1 aliphatic rings. The van der Waals surface area contributed by atoms with Crippen LogP contribution in [0.5, 0.6) is 0 Å². The number of aliphatic carboxylic acids is 1. The number of hydrogen-bond acceptors (Lipinski definition) is 3. The lowest BCUT2D eigenvalue weighted by Gasteiger charge is -2.32. The van der Waals surface area contributed by atoms with Crippen molar-refractivity contribution in [2.75, 3.05) is 6.54 Å². The molecule has 0 spiro atoms. The van der Waals surface area contributed by atoms with E-state index in [2.05, 4.69) is 11.8 Å². The van der Waals surface area contributed by atoms with Gasteiger partial charge in [0.25, 0.3) is 0 Å². The maximum atomic E-state index is 11.4. The van der Waals surface area contributed by atoms with Crippen molar-refractivity contribution in [3.63, 3.8) is 0 Å². The number of halogens is 1. The summed E-state index contributed by atoms with van der Waals surface area (Å²) < 4.78 is 0.763. The van der Waals surface area contributed by atoms with Crippen molar-refractivity contribution in [2.45, 2.75) is 44.7 Å². The maximum Gasteiger partial charge on any atom is 0.320 e. The van der Waals surface area contributed by atoms with Crippen molar-refractivity contribution >= 4 is 28.9 Å². The van der Waals surface area contributed by atoms with Gasteiger partial charge in [-0.1, -0.05) is 24.4 Å². The van der Waals surface area contributed by atoms with Crippen LogP contribution in [0.15, 0.2) is 12.1 Å². The molecule has 2 heterocycles. The Morgan fingerprint density at radius 3 is 2.89 bits per heavy atom. The standard InChI is InChI=1S/C13H18ClNO2S/c1-9(11-6-7-12(14)18-11)15-8-4-2-3-5-10(15)13(16)17/h6-7,9-10H,2-5,8H2,1H3,(H,16,17). The SMILES string of the molecule is CC(c1ccc(Cl)s1)N1CCCCCC1C(=O)O. The number of carboxylic acid groups (broad SMARTS) is 1. The summed E-state index contributed by atoms with van der Waals surface area (Å²) in [6, 6.07) is 3.65. The summed E-state index contributed by atoms with van der Waals surface area (Å²) in [5.41, 5.74) is 0. The Bertz CT molecular complexity index is 421. The van der Waals surface area contributed by atoms with Crippen molar-refractivity contribution in [1.82, 2.24) is 4.90 Å². The maximum absolute atomic E-state index is 11.4. The Kier molecular flexibility index (Phi) is 4.65. The summed E-state index contributed by atoms with van der Waals surface area (Å²) in [6.07, 6.45) is 3.95. The van der Waals surface area contributed by atoms with E-state index >= 15 is 0 Å². The lowest BCUT2D eigenvalue weighted by Crippen LogP contribution is -2.42. The van der Waals surface area contributed by atoms with Crippen LogP contribution in [0.2, 0.25) is 4.34 Å². The van der Waals surface area contributed by atoms with Crippen LogP contribution in [0.1, 0.15) is 43.5 Å². The minimum absolute atomic E-state index is 0.127. The van der Waals surface area contributed by atoms with Gasteiger partial charge < -0.3 is 5.11 Å². The van der Waals surface area contributed by atoms with Gasteiger partial charge in [-0.2, -0.15) is 0 Å². The van der Waals surface area contributed by atoms with Crippen molar-refractivity contribution < 1.29 is 9.90 Å². The van der Waals surface area contributed by atoms with Crippen LogP contribution in [0.4, 0.5) is 0 Å². The predicted molar refractivity (Wildman–Crippen MR) is 74.3 cm³/mol. The molecular weight excluding hydrogens is 270 g/mol. The van der Waals surface area contributed by atoms with Crippen molar-refractivity contribution in [1.29, 1.82) is 0 Å². The number of likely N-dealkylation sites (tertiary alicyclic amines) is 1. The fourth-order valence-electron chi connectivity index (χ4n) is 2.58. The van der Waals surface area contributed by atoms with Gasteiger partial charge in [-0.15, -0.1) is 11.3 Å². The van der Waals surface area contributed by atoms with E-state index in [1.165, 1.54) is 0 Å². The number of carbonyl (C=O) groups is 1. The second kappa shape index (κ2) is 6.04. The van der Waals surface area contributed by atoms with Gasteiger partial charge in [0.05, 0.1) is 4.34 Å². The van der Waals surface area contributed by atoms with E-state index in [4.69, 9.17) is 11.6 Å². The van der Waals surface area contributed by atoms with Gasteiger partial charge in [-0.05, 0) is 38.4 Å². The summed E-state index contributed by atoms with van der Waals surface area (Å²) in [5, 5.41) is 9.37. The van der Waals surface area contributed by atoms with Gasteiger partial charge >= 0.3 is 5.97 Å². The van der Waals surface area contributed by atoms with Crippen LogP contribution < -0.4 is 0 Å². The van der Waals surface area contributed by atoms with Crippen molar-refractivity contribution in [2.24, 2.45) is 0 Å². The highest BCUT2D eigenvalue weighted by Gasteiger charge is 2.31. The number of nitrogens with zero attached hydrogens (tertiary/aromatic N) is 1. The van der Waals surface area contributed by atoms with Crippen LogP contribution in [0, 0.1) is 0 Å². The smallest absolute Gasteiger partial charge is 0.320 e. The van der Waals surface area contributed by atoms with Crippen LogP contribution in [-0.4, -0.2) is 28.6 Å². The van der Waals surface area contributed by atoms with Gasteiger partial charge in [0.1, 0.15) is 6.04 Å².